The first-order valence-corrected chi connectivity index (χ1v) is 15.4. The number of halogens is 2. The van der Waals surface area contributed by atoms with Gasteiger partial charge in [0.05, 0.1) is 34.8 Å². The van der Waals surface area contributed by atoms with E-state index in [2.05, 4.69) is 20.1 Å². The Morgan fingerprint density at radius 3 is 1.29 bits per heavy atom. The van der Waals surface area contributed by atoms with Crippen LogP contribution in [-0.4, -0.2) is 47.0 Å². The Kier molecular flexibility index (Phi) is 8.89. The molecule has 2 aromatic rings. The predicted molar refractivity (Wildman–Crippen MR) is 123 cm³/mol. The first-order chi connectivity index (χ1) is 15.4. The first-order valence-electron chi connectivity index (χ1n) is 8.63. The maximum Gasteiger partial charge on any atom is 2.00 e. The number of sulfonamides is 4. The van der Waals surface area contributed by atoms with Crippen LogP contribution < -0.4 is 30.4 Å². The quantitative estimate of drug-likeness (QED) is 0.221. The normalized spacial score (nSPS) is 17.7. The molecule has 2 aliphatic heterocycles. The van der Waals surface area contributed by atoms with Crippen LogP contribution in [0.5, 0.6) is 0 Å². The minimum Gasteiger partial charge on any atom is -0.370 e. The van der Waals surface area contributed by atoms with Gasteiger partial charge in [-0.1, -0.05) is 23.2 Å². The van der Waals surface area contributed by atoms with Crippen LogP contribution in [0.1, 0.15) is 0 Å². The van der Waals surface area contributed by atoms with Crippen molar-refractivity contribution in [1.29, 1.82) is 0 Å². The molecule has 0 unspecified atom stereocenters. The van der Waals surface area contributed by atoms with Gasteiger partial charge in [0.2, 0.25) is 40.1 Å². The van der Waals surface area contributed by atoms with Gasteiger partial charge in [0.15, 0.2) is 0 Å². The predicted octanol–water partition coefficient (Wildman–Crippen LogP) is -0.705. The number of rotatable bonds is 2. The number of anilines is 2. The molecule has 0 amide bonds. The van der Waals surface area contributed by atoms with Gasteiger partial charge in [0, 0.05) is 0 Å². The summed E-state index contributed by atoms with van der Waals surface area (Å²) in [5, 5.41) is 15.1. The van der Waals surface area contributed by atoms with E-state index in [9.17, 15) is 33.7 Å². The van der Waals surface area contributed by atoms with Gasteiger partial charge in [-0.2, -0.15) is 9.44 Å². The number of hydrogen-bond acceptors (Lipinski definition) is 10. The fourth-order valence-electron chi connectivity index (χ4n) is 2.83. The zero-order valence-corrected chi connectivity index (χ0v) is 25.0. The van der Waals surface area contributed by atoms with Crippen molar-refractivity contribution in [3.05, 3.63) is 34.3 Å². The Morgan fingerprint density at radius 1 is 0.686 bits per heavy atom. The van der Waals surface area contributed by atoms with Gasteiger partial charge in [0.1, 0.15) is 19.6 Å². The Morgan fingerprint density at radius 2 is 1.00 bits per heavy atom. The van der Waals surface area contributed by atoms with Gasteiger partial charge in [-0.05, 0) is 24.3 Å². The number of fused-ring (bicyclic) bond motifs is 2. The molecule has 14 nitrogen and oxygen atoms in total. The van der Waals surface area contributed by atoms with Crippen molar-refractivity contribution < 1.29 is 53.1 Å². The van der Waals surface area contributed by atoms with Crippen LogP contribution in [0.4, 0.5) is 11.4 Å². The van der Waals surface area contributed by atoms with Crippen LogP contribution in [0.3, 0.4) is 0 Å². The summed E-state index contributed by atoms with van der Waals surface area (Å²) in [7, 11) is -15.6. The molecule has 35 heavy (non-hydrogen) atoms. The fourth-order valence-corrected chi connectivity index (χ4v) is 7.40. The summed E-state index contributed by atoms with van der Waals surface area (Å²) in [6, 6.07) is 4.30. The number of benzene rings is 2. The minimum absolute atomic E-state index is 0. The fraction of sp³-hybridized carbons (Fsp3) is 0.143. The van der Waals surface area contributed by atoms with Crippen LogP contribution in [0.25, 0.3) is 0 Å². The summed E-state index contributed by atoms with van der Waals surface area (Å²) in [6.07, 6.45) is 0. The molecule has 2 aliphatic rings. The van der Waals surface area contributed by atoms with Gasteiger partial charge < -0.3 is 10.6 Å². The third-order valence-electron chi connectivity index (χ3n) is 4.34. The van der Waals surface area contributed by atoms with Crippen molar-refractivity contribution in [1.82, 2.24) is 9.44 Å². The van der Waals surface area contributed by atoms with E-state index in [-0.39, 0.29) is 64.0 Å². The van der Waals surface area contributed by atoms with Crippen molar-refractivity contribution in [2.75, 3.05) is 24.0 Å². The van der Waals surface area contributed by atoms with Gasteiger partial charge in [-0.3, -0.25) is 0 Å². The average molecular weight is 661 g/mol. The molecule has 0 atom stereocenters. The smallest absolute Gasteiger partial charge is 0.370 e. The molecule has 21 heteroatoms. The summed E-state index contributed by atoms with van der Waals surface area (Å²) >= 11 is 11.4. The molecule has 0 spiro atoms. The maximum absolute atomic E-state index is 11.6. The second kappa shape index (κ2) is 10.3. The molecule has 4 rings (SSSR count). The Labute approximate surface area is 224 Å². The van der Waals surface area contributed by atoms with Crippen molar-refractivity contribution in [3.63, 3.8) is 0 Å². The SMILES string of the molecule is NS(=O)(=O)c1cc2c(cc1Cl)NCNS2(=O)=O.NS(=O)(=O)c1cc2c(cc1Cl)NCNS2(=O)=O.[Zn+2]. The molecular formula is C14H16Cl2N6O8S4Zn+2. The van der Waals surface area contributed by atoms with Crippen molar-refractivity contribution in [2.45, 2.75) is 19.6 Å². The van der Waals surface area contributed by atoms with E-state index in [1.807, 2.05) is 0 Å². The third-order valence-corrected chi connectivity index (χ3v) is 9.98. The topological polar surface area (TPSA) is 237 Å². The standard InChI is InChI=1S/2C7H8ClN3O4S2.Zn/c2*8-4-1-5-7(2-6(4)16(9,12)13)17(14,15)11-3-10-5;/h2*1-2,10-11H,3H2,(H2,9,12,13);/q;;+2. The average Bonchev–Trinajstić information content (AvgIpc) is 2.65. The number of nitrogens with two attached hydrogens (primary N) is 2. The van der Waals surface area contributed by atoms with Gasteiger partial charge >= 0.3 is 19.5 Å². The second-order valence-electron chi connectivity index (χ2n) is 6.65. The first kappa shape index (κ1) is 30.1. The summed E-state index contributed by atoms with van der Waals surface area (Å²) in [6.45, 7) is 0.0285. The molecule has 0 aliphatic carbocycles. The number of primary sulfonamides is 2. The van der Waals surface area contributed by atoms with E-state index >= 15 is 0 Å². The van der Waals surface area contributed by atoms with Crippen LogP contribution in [-0.2, 0) is 59.6 Å². The molecule has 0 aromatic heterocycles. The van der Waals surface area contributed by atoms with E-state index in [4.69, 9.17) is 33.5 Å². The van der Waals surface area contributed by atoms with E-state index in [0.717, 1.165) is 12.1 Å². The van der Waals surface area contributed by atoms with E-state index in [1.54, 1.807) is 0 Å². The minimum atomic E-state index is -4.07. The number of hydrogen-bond donors (Lipinski definition) is 6. The maximum atomic E-state index is 11.6. The van der Waals surface area contributed by atoms with Crippen LogP contribution in [0, 0.1) is 0 Å². The largest absolute Gasteiger partial charge is 2.00 e. The van der Waals surface area contributed by atoms with Crippen molar-refractivity contribution in [2.24, 2.45) is 10.3 Å². The van der Waals surface area contributed by atoms with E-state index < -0.39 is 49.9 Å². The summed E-state index contributed by atoms with van der Waals surface area (Å²) in [5.74, 6) is 0. The molecule has 2 aromatic carbocycles. The molecule has 0 saturated heterocycles. The van der Waals surface area contributed by atoms with E-state index in [0.29, 0.717) is 0 Å². The molecule has 0 bridgehead atoms. The van der Waals surface area contributed by atoms with Crippen LogP contribution in [0.2, 0.25) is 10.0 Å². The zero-order chi connectivity index (χ0) is 25.7. The summed E-state index contributed by atoms with van der Waals surface area (Å²) in [4.78, 5) is -1.24. The molecule has 8 N–H and O–H groups in total. The van der Waals surface area contributed by atoms with Gasteiger partial charge in [0.25, 0.3) is 0 Å². The zero-order valence-electron chi connectivity index (χ0n) is 17.2. The Hall–Kier alpha value is -1.12. The molecule has 0 radical (unpaired) electrons. The van der Waals surface area contributed by atoms with E-state index in [1.165, 1.54) is 12.1 Å². The van der Waals surface area contributed by atoms with Crippen LogP contribution in [0.15, 0.2) is 43.8 Å². The summed E-state index contributed by atoms with van der Waals surface area (Å²) < 4.78 is 95.8. The Balaban J connectivity index is 0.000000240. The molecule has 0 saturated carbocycles. The van der Waals surface area contributed by atoms with Crippen molar-refractivity contribution >= 4 is 74.7 Å². The second-order valence-corrected chi connectivity index (χ2v) is 14.0. The molecule has 2 heterocycles. The molecular weight excluding hydrogens is 645 g/mol. The van der Waals surface area contributed by atoms with Gasteiger partial charge in [-0.15, -0.1) is 0 Å². The molecule has 188 valence electrons. The van der Waals surface area contributed by atoms with Crippen molar-refractivity contribution in [3.8, 4) is 0 Å². The Bertz CT molecular complexity index is 1490. The monoisotopic (exact) mass is 658 g/mol. The van der Waals surface area contributed by atoms with Gasteiger partial charge in [-0.25, -0.2) is 43.9 Å². The number of nitrogens with one attached hydrogen (secondary N) is 4. The summed E-state index contributed by atoms with van der Waals surface area (Å²) in [5.41, 5.74) is 0.474. The van der Waals surface area contributed by atoms with Crippen LogP contribution >= 0.6 is 23.2 Å². The third kappa shape index (κ3) is 6.61. The molecule has 0 fully saturated rings.